The maximum atomic E-state index is 11.4. The van der Waals surface area contributed by atoms with Gasteiger partial charge in [0, 0.05) is 11.8 Å². The van der Waals surface area contributed by atoms with Crippen molar-refractivity contribution in [3.8, 4) is 0 Å². The molecule has 2 aliphatic rings. The van der Waals surface area contributed by atoms with Crippen molar-refractivity contribution in [1.29, 1.82) is 0 Å². The Kier molecular flexibility index (Phi) is 4.50. The molecule has 0 spiro atoms. The maximum absolute atomic E-state index is 11.4. The van der Waals surface area contributed by atoms with Crippen LogP contribution in [0.4, 0.5) is 0 Å². The number of rotatable bonds is 7. The summed E-state index contributed by atoms with van der Waals surface area (Å²) >= 11 is 0. The Morgan fingerprint density at radius 3 is 2.63 bits per heavy atom. The van der Waals surface area contributed by atoms with E-state index in [1.54, 1.807) is 6.92 Å². The number of carbonyl (C=O) groups is 1. The third-order valence-electron chi connectivity index (χ3n) is 4.65. The van der Waals surface area contributed by atoms with Crippen molar-refractivity contribution in [3.05, 3.63) is 0 Å². The zero-order valence-electron chi connectivity index (χ0n) is 11.3. The third kappa shape index (κ3) is 3.28. The summed E-state index contributed by atoms with van der Waals surface area (Å²) < 4.78 is 22.7. The average Bonchev–Trinajstić information content (AvgIpc) is 2.94. The van der Waals surface area contributed by atoms with E-state index in [2.05, 4.69) is 5.32 Å². The molecule has 0 saturated heterocycles. The van der Waals surface area contributed by atoms with Crippen LogP contribution in [0.1, 0.15) is 32.6 Å². The lowest BCUT2D eigenvalue weighted by Crippen LogP contribution is -2.44. The molecule has 0 radical (unpaired) electrons. The largest absolute Gasteiger partial charge is 0.481 e. The number of fused-ring (bicyclic) bond motifs is 2. The second-order valence-electron chi connectivity index (χ2n) is 5.77. The van der Waals surface area contributed by atoms with Crippen LogP contribution in [0.3, 0.4) is 0 Å². The van der Waals surface area contributed by atoms with Gasteiger partial charge in [0.2, 0.25) is 0 Å². The quantitative estimate of drug-likeness (QED) is 0.680. The van der Waals surface area contributed by atoms with E-state index < -0.39 is 15.8 Å². The lowest BCUT2D eigenvalue weighted by Gasteiger charge is -2.29. The van der Waals surface area contributed by atoms with E-state index >= 15 is 0 Å². The van der Waals surface area contributed by atoms with E-state index in [4.69, 9.17) is 0 Å². The van der Waals surface area contributed by atoms with Gasteiger partial charge in [0.25, 0.3) is 0 Å². The molecule has 2 fully saturated rings. The lowest BCUT2D eigenvalue weighted by atomic mass is 9.84. The standard InChI is InChI=1S/C13H23NO4S/c1-2-19(17,18)7-3-6-14-12-10-5-4-9(8-10)11(12)13(15)16/h9-12,14H,2-8H2,1H3,(H,15,16). The summed E-state index contributed by atoms with van der Waals surface area (Å²) in [6, 6.07) is 0.0422. The Labute approximate surface area is 114 Å². The molecule has 0 amide bonds. The highest BCUT2D eigenvalue weighted by molar-refractivity contribution is 7.91. The van der Waals surface area contributed by atoms with Crippen molar-refractivity contribution in [1.82, 2.24) is 5.32 Å². The molecule has 110 valence electrons. The fraction of sp³-hybridized carbons (Fsp3) is 0.923. The van der Waals surface area contributed by atoms with Crippen LogP contribution in [0.15, 0.2) is 0 Å². The van der Waals surface area contributed by atoms with Gasteiger partial charge in [-0.3, -0.25) is 4.79 Å². The first-order chi connectivity index (χ1) is 8.94. The van der Waals surface area contributed by atoms with E-state index in [0.717, 1.165) is 19.3 Å². The predicted molar refractivity (Wildman–Crippen MR) is 72.7 cm³/mol. The number of carboxylic acids is 1. The summed E-state index contributed by atoms with van der Waals surface area (Å²) in [6.07, 6.45) is 3.72. The molecule has 2 saturated carbocycles. The number of sulfone groups is 1. The van der Waals surface area contributed by atoms with Crippen molar-refractivity contribution >= 4 is 15.8 Å². The van der Waals surface area contributed by atoms with Gasteiger partial charge < -0.3 is 10.4 Å². The van der Waals surface area contributed by atoms with E-state index in [-0.39, 0.29) is 23.5 Å². The molecule has 2 bridgehead atoms. The van der Waals surface area contributed by atoms with Gasteiger partial charge in [0.15, 0.2) is 0 Å². The van der Waals surface area contributed by atoms with Gasteiger partial charge in [-0.1, -0.05) is 6.92 Å². The molecular formula is C13H23NO4S. The van der Waals surface area contributed by atoms with Crippen LogP contribution in [0, 0.1) is 17.8 Å². The Morgan fingerprint density at radius 2 is 2.00 bits per heavy atom. The van der Waals surface area contributed by atoms with E-state index in [9.17, 15) is 18.3 Å². The number of aliphatic carboxylic acids is 1. The Morgan fingerprint density at radius 1 is 1.32 bits per heavy atom. The van der Waals surface area contributed by atoms with Gasteiger partial charge >= 0.3 is 5.97 Å². The Bertz CT molecular complexity index is 434. The second-order valence-corrected chi connectivity index (χ2v) is 8.24. The minimum atomic E-state index is -2.91. The number of carboxylic acid groups (broad SMARTS) is 1. The van der Waals surface area contributed by atoms with Gasteiger partial charge in [0.1, 0.15) is 9.84 Å². The topological polar surface area (TPSA) is 83.5 Å². The second kappa shape index (κ2) is 5.79. The molecule has 2 aliphatic carbocycles. The highest BCUT2D eigenvalue weighted by Gasteiger charge is 2.50. The molecule has 0 aliphatic heterocycles. The van der Waals surface area contributed by atoms with Crippen molar-refractivity contribution < 1.29 is 18.3 Å². The molecule has 2 N–H and O–H groups in total. The first-order valence-electron chi connectivity index (χ1n) is 7.11. The molecule has 6 heteroatoms. The highest BCUT2D eigenvalue weighted by Crippen LogP contribution is 2.48. The summed E-state index contributed by atoms with van der Waals surface area (Å²) in [5.41, 5.74) is 0. The van der Waals surface area contributed by atoms with Crippen molar-refractivity contribution in [2.75, 3.05) is 18.1 Å². The maximum Gasteiger partial charge on any atom is 0.308 e. The number of nitrogens with one attached hydrogen (secondary N) is 1. The monoisotopic (exact) mass is 289 g/mol. The molecule has 0 aromatic heterocycles. The van der Waals surface area contributed by atoms with E-state index in [1.807, 2.05) is 0 Å². The molecular weight excluding hydrogens is 266 g/mol. The minimum Gasteiger partial charge on any atom is -0.481 e. The summed E-state index contributed by atoms with van der Waals surface area (Å²) in [7, 11) is -2.91. The summed E-state index contributed by atoms with van der Waals surface area (Å²) in [5, 5.41) is 12.6. The normalized spacial score (nSPS) is 33.7. The fourth-order valence-corrected chi connectivity index (χ4v) is 4.52. The van der Waals surface area contributed by atoms with Crippen molar-refractivity contribution in [2.24, 2.45) is 17.8 Å². The number of hydrogen-bond acceptors (Lipinski definition) is 4. The van der Waals surface area contributed by atoms with Crippen LogP contribution in [0.5, 0.6) is 0 Å². The van der Waals surface area contributed by atoms with Crippen LogP contribution in [0.25, 0.3) is 0 Å². The van der Waals surface area contributed by atoms with E-state index in [1.165, 1.54) is 0 Å². The fourth-order valence-electron chi connectivity index (χ4n) is 3.65. The lowest BCUT2D eigenvalue weighted by molar-refractivity contribution is -0.144. The van der Waals surface area contributed by atoms with Gasteiger partial charge in [-0.15, -0.1) is 0 Å². The van der Waals surface area contributed by atoms with Gasteiger partial charge in [-0.2, -0.15) is 0 Å². The summed E-state index contributed by atoms with van der Waals surface area (Å²) in [5.74, 6) is 0.175. The molecule has 4 unspecified atom stereocenters. The molecule has 0 aromatic rings. The summed E-state index contributed by atoms with van der Waals surface area (Å²) in [6.45, 7) is 2.25. The van der Waals surface area contributed by atoms with Crippen LogP contribution in [-0.2, 0) is 14.6 Å². The molecule has 0 heterocycles. The molecule has 2 rings (SSSR count). The average molecular weight is 289 g/mol. The van der Waals surface area contributed by atoms with Crippen molar-refractivity contribution in [2.45, 2.75) is 38.6 Å². The first kappa shape index (κ1) is 14.8. The van der Waals surface area contributed by atoms with Gasteiger partial charge in [-0.05, 0) is 44.1 Å². The van der Waals surface area contributed by atoms with Crippen LogP contribution in [0.2, 0.25) is 0 Å². The smallest absolute Gasteiger partial charge is 0.308 e. The van der Waals surface area contributed by atoms with Gasteiger partial charge in [-0.25, -0.2) is 8.42 Å². The molecule has 5 nitrogen and oxygen atoms in total. The zero-order chi connectivity index (χ0) is 14.0. The first-order valence-corrected chi connectivity index (χ1v) is 8.93. The Balaban J connectivity index is 1.81. The SMILES string of the molecule is CCS(=O)(=O)CCCNC1C2CCC(C2)C1C(=O)O. The van der Waals surface area contributed by atoms with Crippen LogP contribution in [-0.4, -0.2) is 43.6 Å². The predicted octanol–water partition coefficient (Wildman–Crippen LogP) is 0.900. The third-order valence-corrected chi connectivity index (χ3v) is 6.44. The molecule has 4 atom stereocenters. The molecule has 19 heavy (non-hydrogen) atoms. The summed E-state index contributed by atoms with van der Waals surface area (Å²) in [4.78, 5) is 11.3. The van der Waals surface area contributed by atoms with E-state index in [0.29, 0.717) is 24.8 Å². The van der Waals surface area contributed by atoms with Crippen LogP contribution < -0.4 is 5.32 Å². The zero-order valence-corrected chi connectivity index (χ0v) is 12.2. The number of hydrogen-bond donors (Lipinski definition) is 2. The van der Waals surface area contributed by atoms with Crippen LogP contribution >= 0.6 is 0 Å². The van der Waals surface area contributed by atoms with Crippen molar-refractivity contribution in [3.63, 3.8) is 0 Å². The Hall–Kier alpha value is -0.620. The minimum absolute atomic E-state index is 0.0422. The molecule has 0 aromatic carbocycles. The van der Waals surface area contributed by atoms with Gasteiger partial charge in [0.05, 0.1) is 11.7 Å². The highest BCUT2D eigenvalue weighted by atomic mass is 32.2.